The topological polar surface area (TPSA) is 53.4 Å². The summed E-state index contributed by atoms with van der Waals surface area (Å²) < 4.78 is 5.40. The molecule has 3 rings (SSSR count). The van der Waals surface area contributed by atoms with Crippen molar-refractivity contribution in [3.8, 4) is 0 Å². The van der Waals surface area contributed by atoms with Gasteiger partial charge in [0.1, 0.15) is 11.7 Å². The molecule has 0 aliphatic heterocycles. The van der Waals surface area contributed by atoms with Gasteiger partial charge < -0.3 is 10.2 Å². The third-order valence-corrected chi connectivity index (χ3v) is 4.28. The zero-order valence-corrected chi connectivity index (χ0v) is 10.2. The number of fused-ring (bicyclic) bond motifs is 1. The van der Waals surface area contributed by atoms with E-state index in [1.165, 1.54) is 11.5 Å². The molecule has 1 radical (unpaired) electrons. The average Bonchev–Trinajstić information content (AvgIpc) is 2.77. The molecule has 2 N–H and O–H groups in total. The van der Waals surface area contributed by atoms with E-state index in [1.807, 2.05) is 24.3 Å². The van der Waals surface area contributed by atoms with Gasteiger partial charge in [-0.25, -0.2) is 0 Å². The van der Waals surface area contributed by atoms with Crippen LogP contribution in [-0.2, 0) is 5.60 Å². The van der Waals surface area contributed by atoms with Gasteiger partial charge in [-0.2, -0.15) is 4.37 Å². The molecule has 0 spiro atoms. The highest BCUT2D eigenvalue weighted by Gasteiger charge is 2.43. The first-order chi connectivity index (χ1) is 8.22. The van der Waals surface area contributed by atoms with Crippen molar-refractivity contribution in [2.45, 2.75) is 31.3 Å². The van der Waals surface area contributed by atoms with E-state index in [-0.39, 0.29) is 6.10 Å². The number of hydrogen-bond acceptors (Lipinski definition) is 4. The van der Waals surface area contributed by atoms with Gasteiger partial charge in [0, 0.05) is 5.39 Å². The van der Waals surface area contributed by atoms with Crippen LogP contribution in [0.4, 0.5) is 0 Å². The second-order valence-corrected chi connectivity index (χ2v) is 5.35. The summed E-state index contributed by atoms with van der Waals surface area (Å²) in [4.78, 5) is 0. The van der Waals surface area contributed by atoms with Gasteiger partial charge in [0.2, 0.25) is 0 Å². The lowest BCUT2D eigenvalue weighted by Crippen LogP contribution is -2.36. The molecule has 1 heterocycles. The smallest absolute Gasteiger partial charge is 0.140 e. The van der Waals surface area contributed by atoms with Crippen LogP contribution in [0, 0.1) is 6.10 Å². The number of aromatic nitrogens is 1. The van der Waals surface area contributed by atoms with Crippen molar-refractivity contribution in [1.82, 2.24) is 4.37 Å². The van der Waals surface area contributed by atoms with Crippen molar-refractivity contribution in [1.29, 1.82) is 0 Å². The van der Waals surface area contributed by atoms with Crippen LogP contribution in [0.3, 0.4) is 0 Å². The first-order valence-electron chi connectivity index (χ1n) is 5.84. The molecule has 1 aliphatic carbocycles. The molecule has 3 nitrogen and oxygen atoms in total. The van der Waals surface area contributed by atoms with E-state index in [0.717, 1.165) is 22.9 Å². The maximum Gasteiger partial charge on any atom is 0.140 e. The van der Waals surface area contributed by atoms with E-state index in [0.29, 0.717) is 18.5 Å². The molecule has 4 heteroatoms. The second kappa shape index (κ2) is 4.05. The van der Waals surface area contributed by atoms with Crippen LogP contribution in [-0.4, -0.2) is 14.6 Å². The van der Waals surface area contributed by atoms with Crippen LogP contribution in [0.1, 0.15) is 31.4 Å². The second-order valence-electron chi connectivity index (χ2n) is 4.54. The highest BCUT2D eigenvalue weighted by Crippen LogP contribution is 2.44. The number of aliphatic hydroxyl groups is 2. The van der Waals surface area contributed by atoms with E-state index >= 15 is 0 Å². The first kappa shape index (κ1) is 11.1. The van der Waals surface area contributed by atoms with Crippen molar-refractivity contribution in [3.63, 3.8) is 0 Å². The summed E-state index contributed by atoms with van der Waals surface area (Å²) >= 11 is 1.37. The number of benzene rings is 1. The molecule has 1 aromatic carbocycles. The van der Waals surface area contributed by atoms with Gasteiger partial charge in [0.15, 0.2) is 0 Å². The Morgan fingerprint density at radius 1 is 1.24 bits per heavy atom. The van der Waals surface area contributed by atoms with Gasteiger partial charge in [-0.3, -0.25) is 0 Å². The lowest BCUT2D eigenvalue weighted by atomic mass is 9.79. The fourth-order valence-corrected chi connectivity index (χ4v) is 3.31. The summed E-state index contributed by atoms with van der Waals surface area (Å²) in [6, 6.07) is 7.83. The monoisotopic (exact) mass is 248 g/mol. The molecule has 0 bridgehead atoms. The van der Waals surface area contributed by atoms with Gasteiger partial charge in [0.25, 0.3) is 0 Å². The van der Waals surface area contributed by atoms with Crippen LogP contribution in [0.2, 0.25) is 0 Å². The first-order valence-corrected chi connectivity index (χ1v) is 6.62. The average molecular weight is 248 g/mol. The fraction of sp³-hybridized carbons (Fsp3) is 0.385. The SMILES string of the molecule is O[C]1CCCC[C@]1(O)c1nsc2ccccc12. The Morgan fingerprint density at radius 2 is 2.06 bits per heavy atom. The Bertz CT molecular complexity index is 539. The van der Waals surface area contributed by atoms with E-state index in [4.69, 9.17) is 0 Å². The van der Waals surface area contributed by atoms with Gasteiger partial charge in [0.05, 0.1) is 10.4 Å². The Balaban J connectivity index is 2.13. The molecule has 2 aromatic rings. The zero-order valence-electron chi connectivity index (χ0n) is 9.39. The maximum atomic E-state index is 10.7. The van der Waals surface area contributed by atoms with Crippen LogP contribution in [0.25, 0.3) is 10.1 Å². The molecule has 1 aromatic heterocycles. The zero-order chi connectivity index (χ0) is 11.9. The van der Waals surface area contributed by atoms with Crippen molar-refractivity contribution >= 4 is 21.6 Å². The summed E-state index contributed by atoms with van der Waals surface area (Å²) in [6.07, 6.45) is 3.16. The summed E-state index contributed by atoms with van der Waals surface area (Å²) in [5.41, 5.74) is -0.618. The van der Waals surface area contributed by atoms with Crippen molar-refractivity contribution in [3.05, 3.63) is 36.1 Å². The number of hydrogen-bond donors (Lipinski definition) is 2. The van der Waals surface area contributed by atoms with Crippen molar-refractivity contribution in [2.75, 3.05) is 0 Å². The van der Waals surface area contributed by atoms with Gasteiger partial charge in [-0.1, -0.05) is 24.6 Å². The van der Waals surface area contributed by atoms with Crippen LogP contribution < -0.4 is 0 Å². The molecular weight excluding hydrogens is 234 g/mol. The molecule has 1 atom stereocenters. The molecule has 0 unspecified atom stereocenters. The van der Waals surface area contributed by atoms with Crippen molar-refractivity contribution < 1.29 is 10.2 Å². The molecule has 17 heavy (non-hydrogen) atoms. The normalized spacial score (nSPS) is 26.5. The molecule has 0 amide bonds. The van der Waals surface area contributed by atoms with Crippen LogP contribution >= 0.6 is 11.5 Å². The minimum Gasteiger partial charge on any atom is -0.383 e. The van der Waals surface area contributed by atoms with E-state index < -0.39 is 5.60 Å². The standard InChI is InChI=1S/C13H14NO2S/c15-11-7-3-4-8-13(11,16)12-9-5-1-2-6-10(9)17-14-12/h1-2,5-6,15-16H,3-4,7-8H2/t13-/m1/s1. The predicted octanol–water partition coefficient (Wildman–Crippen LogP) is 2.96. The number of aliphatic hydroxyl groups excluding tert-OH is 1. The third kappa shape index (κ3) is 1.68. The van der Waals surface area contributed by atoms with Gasteiger partial charge in [-0.05, 0) is 36.9 Å². The third-order valence-electron chi connectivity index (χ3n) is 3.45. The minimum absolute atomic E-state index is 0.166. The lowest BCUT2D eigenvalue weighted by Gasteiger charge is -2.34. The van der Waals surface area contributed by atoms with Crippen LogP contribution in [0.5, 0.6) is 0 Å². The molecule has 1 aliphatic rings. The summed E-state index contributed by atoms with van der Waals surface area (Å²) in [5.74, 6) is 0. The van der Waals surface area contributed by atoms with Gasteiger partial charge >= 0.3 is 0 Å². The number of nitrogens with zero attached hydrogens (tertiary/aromatic N) is 1. The molecular formula is C13H14NO2S. The Kier molecular flexibility index (Phi) is 2.65. The Morgan fingerprint density at radius 3 is 2.88 bits per heavy atom. The molecule has 89 valence electrons. The van der Waals surface area contributed by atoms with Gasteiger partial charge in [-0.15, -0.1) is 0 Å². The largest absolute Gasteiger partial charge is 0.383 e. The number of rotatable bonds is 1. The quantitative estimate of drug-likeness (QED) is 0.815. The highest BCUT2D eigenvalue weighted by molar-refractivity contribution is 7.13. The Hall–Kier alpha value is -0.970. The minimum atomic E-state index is -1.24. The molecule has 1 fully saturated rings. The van der Waals surface area contributed by atoms with E-state index in [9.17, 15) is 10.2 Å². The molecule has 0 saturated heterocycles. The summed E-state index contributed by atoms with van der Waals surface area (Å²) in [7, 11) is 0. The highest BCUT2D eigenvalue weighted by atomic mass is 32.1. The lowest BCUT2D eigenvalue weighted by molar-refractivity contribution is -0.0428. The predicted molar refractivity (Wildman–Crippen MR) is 67.2 cm³/mol. The van der Waals surface area contributed by atoms with Crippen molar-refractivity contribution in [2.24, 2.45) is 0 Å². The van der Waals surface area contributed by atoms with E-state index in [2.05, 4.69) is 4.37 Å². The summed E-state index contributed by atoms with van der Waals surface area (Å²) in [5, 5.41) is 21.6. The van der Waals surface area contributed by atoms with E-state index in [1.54, 1.807) is 0 Å². The fourth-order valence-electron chi connectivity index (χ4n) is 2.46. The maximum absolute atomic E-state index is 10.7. The Labute approximate surface area is 104 Å². The van der Waals surface area contributed by atoms with Crippen LogP contribution in [0.15, 0.2) is 24.3 Å². The molecule has 1 saturated carbocycles. The summed E-state index contributed by atoms with van der Waals surface area (Å²) in [6.45, 7) is 0.